The fourth-order valence-electron chi connectivity index (χ4n) is 1.46. The molecule has 12 heavy (non-hydrogen) atoms. The largest absolute Gasteiger partial charge is 0.327 e. The highest BCUT2D eigenvalue weighted by Crippen LogP contribution is 2.39. The number of hydrogen-bond acceptors (Lipinski definition) is 4. The van der Waals surface area contributed by atoms with Gasteiger partial charge >= 0.3 is 0 Å². The Balaban J connectivity index is 2.04. The first-order chi connectivity index (χ1) is 5.68. The van der Waals surface area contributed by atoms with Gasteiger partial charge in [-0.2, -0.15) is 12.6 Å². The minimum Gasteiger partial charge on any atom is -0.327 e. The molecule has 4 heteroatoms. The molecule has 3 heterocycles. The van der Waals surface area contributed by atoms with E-state index in [0.717, 1.165) is 25.6 Å². The van der Waals surface area contributed by atoms with Gasteiger partial charge in [-0.3, -0.25) is 0 Å². The standard InChI is InChI=1S/C8H14O3S/c1-7-4-9-8(2-3-12,10-5-7)11-6-7/h12H,2-6H2,1H3. The quantitative estimate of drug-likeness (QED) is 0.659. The molecule has 0 aliphatic carbocycles. The molecule has 0 aromatic rings. The lowest BCUT2D eigenvalue weighted by molar-refractivity contribution is -0.465. The van der Waals surface area contributed by atoms with Gasteiger partial charge in [0.25, 0.3) is 5.97 Å². The van der Waals surface area contributed by atoms with Gasteiger partial charge in [0.2, 0.25) is 0 Å². The topological polar surface area (TPSA) is 27.7 Å². The van der Waals surface area contributed by atoms with Gasteiger partial charge < -0.3 is 14.2 Å². The molecular formula is C8H14O3S. The summed E-state index contributed by atoms with van der Waals surface area (Å²) < 4.78 is 16.5. The predicted octanol–water partition coefficient (Wildman–Crippen LogP) is 1.04. The minimum atomic E-state index is -0.764. The summed E-state index contributed by atoms with van der Waals surface area (Å²) in [5.41, 5.74) is 0.0678. The highest BCUT2D eigenvalue weighted by Gasteiger charge is 2.49. The Kier molecular flexibility index (Phi) is 2.11. The van der Waals surface area contributed by atoms with Crippen molar-refractivity contribution in [1.82, 2.24) is 0 Å². The average molecular weight is 190 g/mol. The van der Waals surface area contributed by atoms with Crippen molar-refractivity contribution in [2.75, 3.05) is 25.6 Å². The molecule has 3 rings (SSSR count). The van der Waals surface area contributed by atoms with Crippen LogP contribution in [0.25, 0.3) is 0 Å². The van der Waals surface area contributed by atoms with Crippen LogP contribution in [0.1, 0.15) is 13.3 Å². The molecule has 70 valence electrons. The maximum Gasteiger partial charge on any atom is 0.283 e. The summed E-state index contributed by atoms with van der Waals surface area (Å²) in [5.74, 6) is -0.0454. The van der Waals surface area contributed by atoms with E-state index in [4.69, 9.17) is 14.2 Å². The molecule has 0 radical (unpaired) electrons. The lowest BCUT2D eigenvalue weighted by Gasteiger charge is -2.50. The first-order valence-corrected chi connectivity index (χ1v) is 4.84. The third-order valence-corrected chi connectivity index (χ3v) is 2.56. The molecule has 3 saturated heterocycles. The molecule has 0 spiro atoms. The number of hydrogen-bond donors (Lipinski definition) is 1. The van der Waals surface area contributed by atoms with E-state index >= 15 is 0 Å². The van der Waals surface area contributed by atoms with E-state index in [1.54, 1.807) is 0 Å². The monoisotopic (exact) mass is 190 g/mol. The van der Waals surface area contributed by atoms with Crippen LogP contribution >= 0.6 is 12.6 Å². The molecule has 3 aliphatic rings. The Morgan fingerprint density at radius 1 is 1.17 bits per heavy atom. The number of rotatable bonds is 2. The zero-order valence-electron chi connectivity index (χ0n) is 7.21. The summed E-state index contributed by atoms with van der Waals surface area (Å²) in [4.78, 5) is 0. The van der Waals surface area contributed by atoms with E-state index in [9.17, 15) is 0 Å². The van der Waals surface area contributed by atoms with Gasteiger partial charge in [-0.25, -0.2) is 0 Å². The molecule has 3 aliphatic heterocycles. The highest BCUT2D eigenvalue weighted by atomic mass is 32.1. The van der Waals surface area contributed by atoms with Crippen molar-refractivity contribution in [3.05, 3.63) is 0 Å². The number of ether oxygens (including phenoxy) is 3. The van der Waals surface area contributed by atoms with E-state index in [2.05, 4.69) is 19.6 Å². The molecule has 3 nitrogen and oxygen atoms in total. The molecule has 0 N–H and O–H groups in total. The normalized spacial score (nSPS) is 46.5. The molecule has 0 atom stereocenters. The fourth-order valence-corrected chi connectivity index (χ4v) is 1.73. The second-order valence-corrected chi connectivity index (χ2v) is 4.28. The van der Waals surface area contributed by atoms with E-state index in [1.807, 2.05) is 0 Å². The van der Waals surface area contributed by atoms with Crippen molar-refractivity contribution in [1.29, 1.82) is 0 Å². The van der Waals surface area contributed by atoms with Crippen molar-refractivity contribution >= 4 is 12.6 Å². The summed E-state index contributed by atoms with van der Waals surface area (Å²) in [6.45, 7) is 4.32. The summed E-state index contributed by atoms with van der Waals surface area (Å²) in [6.07, 6.45) is 0.701. The van der Waals surface area contributed by atoms with E-state index in [0.29, 0.717) is 6.42 Å². The van der Waals surface area contributed by atoms with Crippen LogP contribution in [0, 0.1) is 5.41 Å². The Morgan fingerprint density at radius 3 is 2.08 bits per heavy atom. The van der Waals surface area contributed by atoms with Crippen molar-refractivity contribution in [2.45, 2.75) is 19.3 Å². The van der Waals surface area contributed by atoms with Gasteiger partial charge in [0.15, 0.2) is 0 Å². The van der Waals surface area contributed by atoms with E-state index < -0.39 is 5.97 Å². The summed E-state index contributed by atoms with van der Waals surface area (Å²) in [6, 6.07) is 0. The SMILES string of the molecule is CC12COC(CCS)(OC1)OC2. The van der Waals surface area contributed by atoms with Crippen LogP contribution in [0.3, 0.4) is 0 Å². The maximum atomic E-state index is 5.51. The van der Waals surface area contributed by atoms with E-state index in [-0.39, 0.29) is 5.41 Å². The van der Waals surface area contributed by atoms with Gasteiger partial charge in [0.1, 0.15) is 0 Å². The van der Waals surface area contributed by atoms with Gasteiger partial charge in [0, 0.05) is 11.8 Å². The maximum absolute atomic E-state index is 5.51. The first-order valence-electron chi connectivity index (χ1n) is 4.21. The highest BCUT2D eigenvalue weighted by molar-refractivity contribution is 7.80. The van der Waals surface area contributed by atoms with Crippen molar-refractivity contribution in [3.8, 4) is 0 Å². The molecular weight excluding hydrogens is 176 g/mol. The first kappa shape index (κ1) is 8.81. The number of fused-ring (bicyclic) bond motifs is 3. The zero-order chi connectivity index (χ0) is 8.66. The molecule has 0 amide bonds. The predicted molar refractivity (Wildman–Crippen MR) is 47.2 cm³/mol. The Morgan fingerprint density at radius 2 is 1.67 bits per heavy atom. The third-order valence-electron chi connectivity index (χ3n) is 2.34. The molecule has 0 aromatic heterocycles. The third kappa shape index (κ3) is 1.37. The average Bonchev–Trinajstić information content (AvgIpc) is 2.08. The van der Waals surface area contributed by atoms with Crippen LogP contribution in [-0.2, 0) is 14.2 Å². The summed E-state index contributed by atoms with van der Waals surface area (Å²) in [5, 5.41) is 0. The van der Waals surface area contributed by atoms with Crippen molar-refractivity contribution < 1.29 is 14.2 Å². The summed E-state index contributed by atoms with van der Waals surface area (Å²) in [7, 11) is 0. The smallest absolute Gasteiger partial charge is 0.283 e. The van der Waals surface area contributed by atoms with Crippen molar-refractivity contribution in [3.63, 3.8) is 0 Å². The zero-order valence-corrected chi connectivity index (χ0v) is 8.10. The molecule has 0 saturated carbocycles. The fraction of sp³-hybridized carbons (Fsp3) is 1.00. The van der Waals surface area contributed by atoms with Gasteiger partial charge in [-0.1, -0.05) is 6.92 Å². The number of thiol groups is 1. The second-order valence-electron chi connectivity index (χ2n) is 3.83. The lowest BCUT2D eigenvalue weighted by Crippen LogP contribution is -2.59. The Labute approximate surface area is 77.8 Å². The molecule has 0 aromatic carbocycles. The van der Waals surface area contributed by atoms with Crippen LogP contribution in [-0.4, -0.2) is 31.5 Å². The van der Waals surface area contributed by atoms with Gasteiger partial charge in [-0.15, -0.1) is 0 Å². The lowest BCUT2D eigenvalue weighted by atomic mass is 9.91. The second kappa shape index (κ2) is 2.87. The molecule has 3 fully saturated rings. The molecule has 2 bridgehead atoms. The summed E-state index contributed by atoms with van der Waals surface area (Å²) >= 11 is 4.14. The van der Waals surface area contributed by atoms with Crippen molar-refractivity contribution in [2.24, 2.45) is 5.41 Å². The van der Waals surface area contributed by atoms with Gasteiger partial charge in [-0.05, 0) is 5.75 Å². The van der Waals surface area contributed by atoms with Crippen LogP contribution in [0.15, 0.2) is 0 Å². The Hall–Kier alpha value is 0.230. The van der Waals surface area contributed by atoms with Crippen LogP contribution in [0.4, 0.5) is 0 Å². The van der Waals surface area contributed by atoms with Crippen LogP contribution in [0.2, 0.25) is 0 Å². The minimum absolute atomic E-state index is 0.0678. The van der Waals surface area contributed by atoms with Crippen LogP contribution in [0.5, 0.6) is 0 Å². The van der Waals surface area contributed by atoms with E-state index in [1.165, 1.54) is 0 Å². The van der Waals surface area contributed by atoms with Gasteiger partial charge in [0.05, 0.1) is 19.8 Å². The Bertz CT molecular complexity index is 159. The molecule has 0 unspecified atom stereocenters. The van der Waals surface area contributed by atoms with Crippen LogP contribution < -0.4 is 0 Å².